The number of amides is 2. The molecule has 1 saturated heterocycles. The number of carbonyl (C=O) groups excluding carboxylic acids is 2. The van der Waals surface area contributed by atoms with Crippen molar-refractivity contribution in [1.29, 1.82) is 0 Å². The first-order valence-corrected chi connectivity index (χ1v) is 9.25. The van der Waals surface area contributed by atoms with Crippen molar-refractivity contribution in [1.82, 2.24) is 10.2 Å². The SMILES string of the molecule is COC1CC(CC(=O)O)N(C(=O)CNC(=O)Cc2cccc3ccccc23)C1. The molecule has 0 saturated carbocycles. The summed E-state index contributed by atoms with van der Waals surface area (Å²) in [6.45, 7) is 0.183. The topological polar surface area (TPSA) is 95.9 Å². The molecule has 2 amide bonds. The molecule has 0 bridgehead atoms. The molecule has 28 heavy (non-hydrogen) atoms. The van der Waals surface area contributed by atoms with E-state index in [0.717, 1.165) is 16.3 Å². The second-order valence-corrected chi connectivity index (χ2v) is 6.98. The van der Waals surface area contributed by atoms with Gasteiger partial charge >= 0.3 is 5.97 Å². The third-order valence-corrected chi connectivity index (χ3v) is 5.11. The van der Waals surface area contributed by atoms with Gasteiger partial charge < -0.3 is 20.1 Å². The number of methoxy groups -OCH3 is 1. The minimum absolute atomic E-state index is 0.129. The molecule has 2 aromatic rings. The van der Waals surface area contributed by atoms with E-state index >= 15 is 0 Å². The van der Waals surface area contributed by atoms with Crippen LogP contribution in [0.4, 0.5) is 0 Å². The first-order valence-electron chi connectivity index (χ1n) is 9.25. The van der Waals surface area contributed by atoms with Crippen molar-refractivity contribution in [2.24, 2.45) is 0 Å². The Hall–Kier alpha value is -2.93. The number of hydrogen-bond acceptors (Lipinski definition) is 4. The second kappa shape index (κ2) is 8.84. The Bertz CT molecular complexity index is 877. The van der Waals surface area contributed by atoms with Gasteiger partial charge in [-0.2, -0.15) is 0 Å². The van der Waals surface area contributed by atoms with Crippen molar-refractivity contribution in [3.05, 3.63) is 48.0 Å². The van der Waals surface area contributed by atoms with Crippen LogP contribution in [-0.4, -0.2) is 60.1 Å². The largest absolute Gasteiger partial charge is 0.481 e. The minimum atomic E-state index is -0.959. The Kier molecular flexibility index (Phi) is 6.26. The number of likely N-dealkylation sites (tertiary alicyclic amines) is 1. The van der Waals surface area contributed by atoms with Crippen LogP contribution in [-0.2, 0) is 25.5 Å². The molecule has 2 N–H and O–H groups in total. The molecule has 0 spiro atoms. The van der Waals surface area contributed by atoms with E-state index in [9.17, 15) is 14.4 Å². The lowest BCUT2D eigenvalue weighted by molar-refractivity contribution is -0.140. The Labute approximate surface area is 163 Å². The third-order valence-electron chi connectivity index (χ3n) is 5.11. The fourth-order valence-corrected chi connectivity index (χ4v) is 3.70. The normalized spacial score (nSPS) is 19.0. The van der Waals surface area contributed by atoms with Crippen LogP contribution >= 0.6 is 0 Å². The maximum absolute atomic E-state index is 12.5. The Morgan fingerprint density at radius 3 is 2.68 bits per heavy atom. The van der Waals surface area contributed by atoms with Crippen molar-refractivity contribution in [2.45, 2.75) is 31.4 Å². The average molecular weight is 384 g/mol. The first-order chi connectivity index (χ1) is 13.5. The van der Waals surface area contributed by atoms with E-state index in [4.69, 9.17) is 9.84 Å². The molecule has 1 heterocycles. The molecule has 2 atom stereocenters. The Balaban J connectivity index is 1.59. The van der Waals surface area contributed by atoms with E-state index in [0.29, 0.717) is 13.0 Å². The molecule has 3 rings (SSSR count). The quantitative estimate of drug-likeness (QED) is 0.756. The molecule has 0 radical (unpaired) electrons. The predicted molar refractivity (Wildman–Crippen MR) is 104 cm³/mol. The molecule has 2 aromatic carbocycles. The van der Waals surface area contributed by atoms with Crippen molar-refractivity contribution < 1.29 is 24.2 Å². The van der Waals surface area contributed by atoms with E-state index < -0.39 is 12.0 Å². The van der Waals surface area contributed by atoms with Gasteiger partial charge in [0.2, 0.25) is 11.8 Å². The van der Waals surface area contributed by atoms with E-state index in [1.54, 1.807) is 7.11 Å². The molecule has 2 unspecified atom stereocenters. The molecular weight excluding hydrogens is 360 g/mol. The highest BCUT2D eigenvalue weighted by molar-refractivity contribution is 5.91. The Morgan fingerprint density at radius 1 is 1.18 bits per heavy atom. The molecule has 1 aliphatic rings. The summed E-state index contributed by atoms with van der Waals surface area (Å²) in [6.07, 6.45) is 0.349. The van der Waals surface area contributed by atoms with E-state index in [1.807, 2.05) is 42.5 Å². The van der Waals surface area contributed by atoms with Gasteiger partial charge in [0, 0.05) is 19.7 Å². The lowest BCUT2D eigenvalue weighted by atomic mass is 10.0. The first kappa shape index (κ1) is 19.8. The molecule has 0 aromatic heterocycles. The van der Waals surface area contributed by atoms with Crippen LogP contribution in [0.3, 0.4) is 0 Å². The molecule has 1 aliphatic heterocycles. The molecule has 7 heteroatoms. The lowest BCUT2D eigenvalue weighted by Crippen LogP contribution is -2.43. The number of carboxylic acid groups (broad SMARTS) is 1. The summed E-state index contributed by atoms with van der Waals surface area (Å²) >= 11 is 0. The third kappa shape index (κ3) is 4.67. The van der Waals surface area contributed by atoms with Crippen molar-refractivity contribution in [3.63, 3.8) is 0 Å². The van der Waals surface area contributed by atoms with Crippen LogP contribution in [0.2, 0.25) is 0 Å². The molecule has 1 fully saturated rings. The van der Waals surface area contributed by atoms with Crippen LogP contribution in [0.5, 0.6) is 0 Å². The van der Waals surface area contributed by atoms with E-state index in [1.165, 1.54) is 4.90 Å². The fourth-order valence-electron chi connectivity index (χ4n) is 3.70. The Morgan fingerprint density at radius 2 is 1.93 bits per heavy atom. The van der Waals surface area contributed by atoms with Crippen molar-refractivity contribution in [2.75, 3.05) is 20.2 Å². The summed E-state index contributed by atoms with van der Waals surface area (Å²) in [5.41, 5.74) is 0.896. The van der Waals surface area contributed by atoms with Gasteiger partial charge in [-0.3, -0.25) is 14.4 Å². The van der Waals surface area contributed by atoms with Crippen molar-refractivity contribution in [3.8, 4) is 0 Å². The minimum Gasteiger partial charge on any atom is -0.481 e. The van der Waals surface area contributed by atoms with Crippen LogP contribution in [0, 0.1) is 0 Å². The zero-order valence-corrected chi connectivity index (χ0v) is 15.8. The number of benzene rings is 2. The second-order valence-electron chi connectivity index (χ2n) is 6.98. The maximum Gasteiger partial charge on any atom is 0.305 e. The summed E-state index contributed by atoms with van der Waals surface area (Å²) in [7, 11) is 1.54. The van der Waals surface area contributed by atoms with Gasteiger partial charge in [-0.25, -0.2) is 0 Å². The summed E-state index contributed by atoms with van der Waals surface area (Å²) in [6, 6.07) is 13.2. The monoisotopic (exact) mass is 384 g/mol. The number of rotatable bonds is 7. The van der Waals surface area contributed by atoms with Crippen LogP contribution < -0.4 is 5.32 Å². The van der Waals surface area contributed by atoms with Crippen LogP contribution in [0.1, 0.15) is 18.4 Å². The molecule has 7 nitrogen and oxygen atoms in total. The average Bonchev–Trinajstić information content (AvgIpc) is 3.08. The van der Waals surface area contributed by atoms with E-state index in [2.05, 4.69) is 5.32 Å². The van der Waals surface area contributed by atoms with Crippen LogP contribution in [0.25, 0.3) is 10.8 Å². The number of carboxylic acids is 1. The molecule has 0 aliphatic carbocycles. The smallest absolute Gasteiger partial charge is 0.305 e. The summed E-state index contributed by atoms with van der Waals surface area (Å²) < 4.78 is 5.27. The number of fused-ring (bicyclic) bond motifs is 1. The standard InChI is InChI=1S/C21H24N2O5/c1-28-17-10-16(11-21(26)27)23(13-17)20(25)12-22-19(24)9-15-7-4-6-14-5-2-3-8-18(14)15/h2-8,16-17H,9-13H2,1H3,(H,22,24)(H,26,27). The van der Waals surface area contributed by atoms with Gasteiger partial charge in [0.25, 0.3) is 0 Å². The van der Waals surface area contributed by atoms with Gasteiger partial charge in [0.1, 0.15) is 0 Å². The fraction of sp³-hybridized carbons (Fsp3) is 0.381. The summed E-state index contributed by atoms with van der Waals surface area (Å²) in [4.78, 5) is 37.4. The lowest BCUT2D eigenvalue weighted by Gasteiger charge is -2.23. The number of ether oxygens (including phenoxy) is 1. The number of hydrogen-bond donors (Lipinski definition) is 2. The number of carbonyl (C=O) groups is 3. The van der Waals surface area contributed by atoms with Gasteiger partial charge in [-0.05, 0) is 22.8 Å². The summed E-state index contributed by atoms with van der Waals surface area (Å²) in [5, 5.41) is 13.8. The van der Waals surface area contributed by atoms with Gasteiger partial charge in [-0.15, -0.1) is 0 Å². The van der Waals surface area contributed by atoms with E-state index in [-0.39, 0.29) is 37.3 Å². The molecular formula is C21H24N2O5. The van der Waals surface area contributed by atoms with Gasteiger partial charge in [0.05, 0.1) is 25.5 Å². The highest BCUT2D eigenvalue weighted by atomic mass is 16.5. The highest BCUT2D eigenvalue weighted by Gasteiger charge is 2.36. The number of aliphatic carboxylic acids is 1. The maximum atomic E-state index is 12.5. The molecule has 148 valence electrons. The number of nitrogens with zero attached hydrogens (tertiary/aromatic N) is 1. The number of nitrogens with one attached hydrogen (secondary N) is 1. The van der Waals surface area contributed by atoms with Crippen LogP contribution in [0.15, 0.2) is 42.5 Å². The zero-order valence-electron chi connectivity index (χ0n) is 15.8. The van der Waals surface area contributed by atoms with Crippen molar-refractivity contribution >= 4 is 28.6 Å². The summed E-state index contributed by atoms with van der Waals surface area (Å²) in [5.74, 6) is -1.50. The predicted octanol–water partition coefficient (Wildman–Crippen LogP) is 1.59. The zero-order chi connectivity index (χ0) is 20.1. The van der Waals surface area contributed by atoms with Gasteiger partial charge in [-0.1, -0.05) is 42.5 Å². The van der Waals surface area contributed by atoms with Gasteiger partial charge in [0.15, 0.2) is 0 Å². The highest BCUT2D eigenvalue weighted by Crippen LogP contribution is 2.23.